The number of allylic oxidation sites excluding steroid dienone is 1. The van der Waals surface area contributed by atoms with Gasteiger partial charge in [-0.05, 0) is 143 Å². The van der Waals surface area contributed by atoms with Crippen molar-refractivity contribution in [3.63, 3.8) is 0 Å². The Morgan fingerprint density at radius 1 is 0.800 bits per heavy atom. The van der Waals surface area contributed by atoms with E-state index in [1.165, 1.54) is 135 Å². The van der Waals surface area contributed by atoms with Gasteiger partial charge in [0.1, 0.15) is 0 Å². The number of fused-ring (bicyclic) bond motifs is 5. The highest BCUT2D eigenvalue weighted by Crippen LogP contribution is 2.67. The Kier molecular flexibility index (Phi) is 16.6. The summed E-state index contributed by atoms with van der Waals surface area (Å²) in [6, 6.07) is 0. The summed E-state index contributed by atoms with van der Waals surface area (Å²) in [7, 11) is 0. The summed E-state index contributed by atoms with van der Waals surface area (Å²) in [6.45, 7) is 21.9. The fourth-order valence-corrected chi connectivity index (χ4v) is 12.1. The molecular formula is C46H83NO3. The van der Waals surface area contributed by atoms with Gasteiger partial charge >= 0.3 is 0 Å². The van der Waals surface area contributed by atoms with Gasteiger partial charge in [-0.2, -0.15) is 0 Å². The minimum absolute atomic E-state index is 0.207. The SMILES string of the molecule is CCCCCCCCOC[C@@H](CN1CCCC1)OCCCCO[C@H]1CC[C@@]2(C)C(=CC[C@H]3[C@@H]4CC[C@H]([C@H](C)CCCC(C)C)[C@@]4(C)CC[C@@H]32)C1. The molecule has 0 amide bonds. The van der Waals surface area contributed by atoms with Crippen LogP contribution in [0.5, 0.6) is 0 Å². The number of hydrogen-bond acceptors (Lipinski definition) is 4. The van der Waals surface area contributed by atoms with E-state index in [0.29, 0.717) is 16.9 Å². The van der Waals surface area contributed by atoms with Crippen molar-refractivity contribution in [1.82, 2.24) is 4.90 Å². The van der Waals surface area contributed by atoms with E-state index in [2.05, 4.69) is 52.5 Å². The van der Waals surface area contributed by atoms with Gasteiger partial charge in [-0.3, -0.25) is 0 Å². The van der Waals surface area contributed by atoms with Crippen LogP contribution in [0, 0.1) is 46.3 Å². The maximum atomic E-state index is 6.60. The molecular weight excluding hydrogens is 615 g/mol. The Bertz CT molecular complexity index is 990. The molecule has 0 N–H and O–H groups in total. The van der Waals surface area contributed by atoms with Gasteiger partial charge in [-0.15, -0.1) is 0 Å². The van der Waals surface area contributed by atoms with Crippen LogP contribution in [-0.4, -0.2) is 63.2 Å². The van der Waals surface area contributed by atoms with Crippen LogP contribution in [0.1, 0.15) is 176 Å². The minimum Gasteiger partial charge on any atom is -0.379 e. The second-order valence-electron chi connectivity index (χ2n) is 19.1. The predicted molar refractivity (Wildman–Crippen MR) is 212 cm³/mol. The molecule has 0 bridgehead atoms. The van der Waals surface area contributed by atoms with Crippen LogP contribution in [0.4, 0.5) is 0 Å². The lowest BCUT2D eigenvalue weighted by molar-refractivity contribution is -0.0648. The number of rotatable bonds is 23. The summed E-state index contributed by atoms with van der Waals surface area (Å²) >= 11 is 0. The lowest BCUT2D eigenvalue weighted by Gasteiger charge is -2.58. The quantitative estimate of drug-likeness (QED) is 0.0785. The molecule has 1 heterocycles. The average Bonchev–Trinajstić information content (AvgIpc) is 3.74. The molecule has 9 atom stereocenters. The first-order chi connectivity index (χ1) is 24.2. The van der Waals surface area contributed by atoms with E-state index in [1.807, 2.05) is 0 Å². The summed E-state index contributed by atoms with van der Waals surface area (Å²) in [6.07, 6.45) is 31.4. The van der Waals surface area contributed by atoms with Gasteiger partial charge in [-0.1, -0.05) is 105 Å². The van der Waals surface area contributed by atoms with Crippen molar-refractivity contribution in [2.75, 3.05) is 46.1 Å². The van der Waals surface area contributed by atoms with E-state index >= 15 is 0 Å². The van der Waals surface area contributed by atoms with Gasteiger partial charge < -0.3 is 19.1 Å². The number of likely N-dealkylation sites (tertiary alicyclic amines) is 1. The van der Waals surface area contributed by atoms with E-state index in [4.69, 9.17) is 14.2 Å². The summed E-state index contributed by atoms with van der Waals surface area (Å²) in [5.41, 5.74) is 2.77. The van der Waals surface area contributed by atoms with Crippen molar-refractivity contribution in [2.45, 2.75) is 189 Å². The van der Waals surface area contributed by atoms with Gasteiger partial charge in [0, 0.05) is 26.4 Å². The summed E-state index contributed by atoms with van der Waals surface area (Å²) in [5, 5.41) is 0. The second-order valence-corrected chi connectivity index (χ2v) is 19.1. The monoisotopic (exact) mass is 698 g/mol. The molecule has 0 aromatic carbocycles. The van der Waals surface area contributed by atoms with E-state index in [9.17, 15) is 0 Å². The Morgan fingerprint density at radius 3 is 2.36 bits per heavy atom. The number of hydrogen-bond donors (Lipinski definition) is 0. The van der Waals surface area contributed by atoms with Crippen molar-refractivity contribution in [1.29, 1.82) is 0 Å². The summed E-state index contributed by atoms with van der Waals surface area (Å²) < 4.78 is 19.2. The Balaban J connectivity index is 1.01. The molecule has 4 heteroatoms. The Morgan fingerprint density at radius 2 is 1.56 bits per heavy atom. The first-order valence-corrected chi connectivity index (χ1v) is 22.5. The van der Waals surface area contributed by atoms with E-state index in [-0.39, 0.29) is 6.10 Å². The first kappa shape index (κ1) is 40.8. The summed E-state index contributed by atoms with van der Waals surface area (Å²) in [5.74, 6) is 5.47. The van der Waals surface area contributed by atoms with Crippen molar-refractivity contribution < 1.29 is 14.2 Å². The van der Waals surface area contributed by atoms with Crippen molar-refractivity contribution in [3.05, 3.63) is 11.6 Å². The molecule has 4 aliphatic carbocycles. The van der Waals surface area contributed by atoms with Gasteiger partial charge in [0.25, 0.3) is 0 Å². The second kappa shape index (κ2) is 20.3. The molecule has 290 valence electrons. The third-order valence-corrected chi connectivity index (χ3v) is 15.1. The molecule has 50 heavy (non-hydrogen) atoms. The van der Waals surface area contributed by atoms with E-state index in [1.54, 1.807) is 5.57 Å². The largest absolute Gasteiger partial charge is 0.379 e. The predicted octanol–water partition coefficient (Wildman–Crippen LogP) is 12.1. The molecule has 4 nitrogen and oxygen atoms in total. The highest BCUT2D eigenvalue weighted by atomic mass is 16.5. The maximum absolute atomic E-state index is 6.60. The molecule has 0 unspecified atom stereocenters. The summed E-state index contributed by atoms with van der Waals surface area (Å²) in [4.78, 5) is 2.58. The zero-order chi connectivity index (χ0) is 35.4. The standard InChI is InChI=1S/C46H83NO3/c1-7-8-9-10-11-14-30-48-35-40(34-47-28-12-13-29-47)50-32-16-15-31-49-39-24-26-45(5)38(33-39)20-21-41-43-23-22-42(37(4)19-17-18-36(2)3)46(43,6)27-25-44(41)45/h20,36-37,39-44H,7-19,21-35H2,1-6H3/t37-,39+,40-,41+,42-,43+,44+,45+,46-/m1/s1. The van der Waals surface area contributed by atoms with Crippen LogP contribution >= 0.6 is 0 Å². The molecule has 0 radical (unpaired) electrons. The van der Waals surface area contributed by atoms with Crippen molar-refractivity contribution in [3.8, 4) is 0 Å². The van der Waals surface area contributed by atoms with Gasteiger partial charge in [0.05, 0.1) is 18.8 Å². The van der Waals surface area contributed by atoms with Crippen LogP contribution < -0.4 is 0 Å². The van der Waals surface area contributed by atoms with E-state index in [0.717, 1.165) is 81.3 Å². The zero-order valence-electron chi connectivity index (χ0n) is 34.2. The molecule has 4 fully saturated rings. The van der Waals surface area contributed by atoms with Crippen LogP contribution in [-0.2, 0) is 14.2 Å². The Hall–Kier alpha value is -0.420. The van der Waals surface area contributed by atoms with Gasteiger partial charge in [0.15, 0.2) is 0 Å². The lowest BCUT2D eigenvalue weighted by Crippen LogP contribution is -2.51. The van der Waals surface area contributed by atoms with Crippen molar-refractivity contribution >= 4 is 0 Å². The third-order valence-electron chi connectivity index (χ3n) is 15.1. The van der Waals surface area contributed by atoms with Crippen LogP contribution in [0.3, 0.4) is 0 Å². The fourth-order valence-electron chi connectivity index (χ4n) is 12.1. The van der Waals surface area contributed by atoms with Crippen LogP contribution in [0.25, 0.3) is 0 Å². The van der Waals surface area contributed by atoms with Gasteiger partial charge in [0.2, 0.25) is 0 Å². The smallest absolute Gasteiger partial charge is 0.0934 e. The van der Waals surface area contributed by atoms with E-state index < -0.39 is 0 Å². The van der Waals surface area contributed by atoms with Crippen LogP contribution in [0.15, 0.2) is 11.6 Å². The molecule has 0 aromatic heterocycles. The number of unbranched alkanes of at least 4 members (excludes halogenated alkanes) is 6. The molecule has 1 saturated heterocycles. The minimum atomic E-state index is 0.207. The zero-order valence-corrected chi connectivity index (χ0v) is 34.2. The molecule has 0 aromatic rings. The maximum Gasteiger partial charge on any atom is 0.0934 e. The topological polar surface area (TPSA) is 30.9 Å². The van der Waals surface area contributed by atoms with Gasteiger partial charge in [-0.25, -0.2) is 0 Å². The van der Waals surface area contributed by atoms with Crippen LogP contribution in [0.2, 0.25) is 0 Å². The normalized spacial score (nSPS) is 34.0. The average molecular weight is 698 g/mol. The lowest BCUT2D eigenvalue weighted by atomic mass is 9.47. The Labute approximate surface area is 311 Å². The third kappa shape index (κ3) is 10.8. The molecule has 5 aliphatic rings. The highest BCUT2D eigenvalue weighted by Gasteiger charge is 2.59. The highest BCUT2D eigenvalue weighted by molar-refractivity contribution is 5.25. The molecule has 0 spiro atoms. The number of ether oxygens (including phenoxy) is 3. The fraction of sp³-hybridized carbons (Fsp3) is 0.957. The first-order valence-electron chi connectivity index (χ1n) is 22.5. The molecule has 5 rings (SSSR count). The van der Waals surface area contributed by atoms with Crippen molar-refractivity contribution in [2.24, 2.45) is 46.3 Å². The molecule has 1 aliphatic heterocycles. The number of nitrogens with zero attached hydrogens (tertiary/aromatic N) is 1. The molecule has 3 saturated carbocycles.